The first-order valence-electron chi connectivity index (χ1n) is 10.4. The van der Waals surface area contributed by atoms with E-state index in [-0.39, 0.29) is 12.4 Å². The summed E-state index contributed by atoms with van der Waals surface area (Å²) in [7, 11) is 4.43. The predicted octanol–water partition coefficient (Wildman–Crippen LogP) is 7.66. The molecule has 0 saturated carbocycles. The lowest BCUT2D eigenvalue weighted by atomic mass is 9.89. The Hall–Kier alpha value is -0.530. The second kappa shape index (κ2) is 15.7. The summed E-state index contributed by atoms with van der Waals surface area (Å²) in [5.74, 6) is 0.719. The molecule has 0 amide bonds. The molecule has 0 bridgehead atoms. The topological polar surface area (TPSA) is 3.24 Å². The van der Waals surface area contributed by atoms with Crippen molar-refractivity contribution in [2.75, 3.05) is 14.1 Å². The van der Waals surface area contributed by atoms with Crippen molar-refractivity contribution >= 4 is 12.4 Å². The maximum Gasteiger partial charge on any atom is 0.0367 e. The van der Waals surface area contributed by atoms with Gasteiger partial charge in [0, 0.05) is 6.04 Å². The molecule has 0 aliphatic rings. The summed E-state index contributed by atoms with van der Waals surface area (Å²) in [6.07, 6.45) is 15.6. The minimum Gasteiger partial charge on any atom is -0.302 e. The summed E-state index contributed by atoms with van der Waals surface area (Å²) in [6.45, 7) is 4.71. The highest BCUT2D eigenvalue weighted by molar-refractivity contribution is 5.85. The van der Waals surface area contributed by atoms with Crippen molar-refractivity contribution in [2.45, 2.75) is 90.5 Å². The molecule has 2 unspecified atom stereocenters. The SMILES string of the molecule is CCCCCCCCCCCCC(C)C(c1ccccc1)N(C)C.Cl. The van der Waals surface area contributed by atoms with E-state index >= 15 is 0 Å². The molecule has 25 heavy (non-hydrogen) atoms. The van der Waals surface area contributed by atoms with E-state index in [4.69, 9.17) is 0 Å². The summed E-state index contributed by atoms with van der Waals surface area (Å²) < 4.78 is 0. The smallest absolute Gasteiger partial charge is 0.0367 e. The van der Waals surface area contributed by atoms with Crippen LogP contribution in [0.1, 0.15) is 96.1 Å². The van der Waals surface area contributed by atoms with E-state index in [2.05, 4.69) is 63.2 Å². The van der Waals surface area contributed by atoms with E-state index in [9.17, 15) is 0 Å². The lowest BCUT2D eigenvalue weighted by Gasteiger charge is -2.30. The van der Waals surface area contributed by atoms with Gasteiger partial charge in [-0.05, 0) is 32.0 Å². The molecule has 2 atom stereocenters. The minimum absolute atomic E-state index is 0. The summed E-state index contributed by atoms with van der Waals surface area (Å²) in [4.78, 5) is 2.39. The fourth-order valence-electron chi connectivity index (χ4n) is 3.90. The summed E-state index contributed by atoms with van der Waals surface area (Å²) in [5.41, 5.74) is 1.46. The van der Waals surface area contributed by atoms with E-state index in [0.717, 1.165) is 5.92 Å². The molecule has 0 radical (unpaired) electrons. The van der Waals surface area contributed by atoms with E-state index in [1.807, 2.05) is 0 Å². The molecule has 0 aliphatic heterocycles. The monoisotopic (exact) mass is 367 g/mol. The van der Waals surface area contributed by atoms with Gasteiger partial charge in [0.15, 0.2) is 0 Å². The van der Waals surface area contributed by atoms with E-state index in [0.29, 0.717) is 6.04 Å². The maximum absolute atomic E-state index is 2.42. The van der Waals surface area contributed by atoms with Crippen LogP contribution in [-0.4, -0.2) is 19.0 Å². The zero-order chi connectivity index (χ0) is 17.6. The molecule has 146 valence electrons. The van der Waals surface area contributed by atoms with Crippen molar-refractivity contribution in [3.63, 3.8) is 0 Å². The summed E-state index contributed by atoms with van der Waals surface area (Å²) in [6, 6.07) is 11.5. The zero-order valence-corrected chi connectivity index (χ0v) is 18.0. The molecule has 1 aromatic carbocycles. The molecule has 0 saturated heterocycles. The van der Waals surface area contributed by atoms with Gasteiger partial charge >= 0.3 is 0 Å². The number of unbranched alkanes of at least 4 members (excludes halogenated alkanes) is 9. The average molecular weight is 368 g/mol. The van der Waals surface area contributed by atoms with E-state index < -0.39 is 0 Å². The molecule has 1 rings (SSSR count). The summed E-state index contributed by atoms with van der Waals surface area (Å²) >= 11 is 0. The Labute approximate surface area is 164 Å². The van der Waals surface area contributed by atoms with Gasteiger partial charge in [0.05, 0.1) is 0 Å². The van der Waals surface area contributed by atoms with Gasteiger partial charge < -0.3 is 4.90 Å². The highest BCUT2D eigenvalue weighted by Gasteiger charge is 2.20. The van der Waals surface area contributed by atoms with Gasteiger partial charge in [-0.25, -0.2) is 0 Å². The maximum atomic E-state index is 2.42. The molecular weight excluding hydrogens is 326 g/mol. The number of rotatable bonds is 14. The van der Waals surface area contributed by atoms with Gasteiger partial charge in [-0.3, -0.25) is 0 Å². The van der Waals surface area contributed by atoms with Crippen molar-refractivity contribution in [1.82, 2.24) is 4.90 Å². The minimum atomic E-state index is 0. The molecular formula is C23H42ClN. The van der Waals surface area contributed by atoms with Gasteiger partial charge in [-0.1, -0.05) is 108 Å². The van der Waals surface area contributed by atoms with Crippen LogP contribution in [0.15, 0.2) is 30.3 Å². The van der Waals surface area contributed by atoms with E-state index in [1.165, 1.54) is 76.2 Å². The molecule has 1 aromatic rings. The fourth-order valence-corrected chi connectivity index (χ4v) is 3.90. The van der Waals surface area contributed by atoms with Crippen LogP contribution in [0.25, 0.3) is 0 Å². The molecule has 0 aliphatic carbocycles. The Kier molecular flexibility index (Phi) is 15.4. The number of hydrogen-bond acceptors (Lipinski definition) is 1. The first kappa shape index (κ1) is 24.5. The molecule has 0 aromatic heterocycles. The lowest BCUT2D eigenvalue weighted by molar-refractivity contribution is 0.211. The third kappa shape index (κ3) is 10.9. The second-order valence-electron chi connectivity index (χ2n) is 7.77. The van der Waals surface area contributed by atoms with Crippen molar-refractivity contribution in [1.29, 1.82) is 0 Å². The Morgan fingerprint density at radius 2 is 1.24 bits per heavy atom. The number of nitrogens with zero attached hydrogens (tertiary/aromatic N) is 1. The largest absolute Gasteiger partial charge is 0.302 e. The lowest BCUT2D eigenvalue weighted by Crippen LogP contribution is -2.26. The van der Waals surface area contributed by atoms with Gasteiger partial charge in [0.1, 0.15) is 0 Å². The van der Waals surface area contributed by atoms with Crippen LogP contribution in [0.4, 0.5) is 0 Å². The van der Waals surface area contributed by atoms with Crippen LogP contribution in [0, 0.1) is 5.92 Å². The van der Waals surface area contributed by atoms with Gasteiger partial charge in [-0.2, -0.15) is 0 Å². The quantitative estimate of drug-likeness (QED) is 0.305. The van der Waals surface area contributed by atoms with Crippen LogP contribution in [0.5, 0.6) is 0 Å². The first-order valence-corrected chi connectivity index (χ1v) is 10.4. The third-order valence-electron chi connectivity index (χ3n) is 5.25. The first-order chi connectivity index (χ1) is 11.7. The highest BCUT2D eigenvalue weighted by atomic mass is 35.5. The van der Waals surface area contributed by atoms with Gasteiger partial charge in [0.2, 0.25) is 0 Å². The molecule has 0 N–H and O–H groups in total. The molecule has 2 heteroatoms. The Morgan fingerprint density at radius 3 is 1.72 bits per heavy atom. The van der Waals surface area contributed by atoms with Crippen LogP contribution in [0.3, 0.4) is 0 Å². The van der Waals surface area contributed by atoms with Crippen LogP contribution in [-0.2, 0) is 0 Å². The Morgan fingerprint density at radius 1 is 0.760 bits per heavy atom. The normalized spacial score (nSPS) is 13.5. The fraction of sp³-hybridized carbons (Fsp3) is 0.739. The molecule has 0 heterocycles. The molecule has 0 spiro atoms. The van der Waals surface area contributed by atoms with Gasteiger partial charge in [0.25, 0.3) is 0 Å². The predicted molar refractivity (Wildman–Crippen MR) is 116 cm³/mol. The Balaban J connectivity index is 0.00000576. The second-order valence-corrected chi connectivity index (χ2v) is 7.77. The summed E-state index contributed by atoms with van der Waals surface area (Å²) in [5, 5.41) is 0. The zero-order valence-electron chi connectivity index (χ0n) is 17.2. The van der Waals surface area contributed by atoms with Crippen LogP contribution < -0.4 is 0 Å². The van der Waals surface area contributed by atoms with Crippen molar-refractivity contribution in [3.05, 3.63) is 35.9 Å². The van der Waals surface area contributed by atoms with Crippen LogP contribution >= 0.6 is 12.4 Å². The number of benzene rings is 1. The Bertz CT molecular complexity index is 390. The van der Waals surface area contributed by atoms with Crippen molar-refractivity contribution < 1.29 is 0 Å². The molecule has 0 fully saturated rings. The van der Waals surface area contributed by atoms with Crippen molar-refractivity contribution in [3.8, 4) is 0 Å². The standard InChI is InChI=1S/C23H41N.ClH/c1-5-6-7-8-9-10-11-12-13-15-18-21(2)23(24(3)4)22-19-16-14-17-20-22;/h14,16-17,19-21,23H,5-13,15,18H2,1-4H3;1H. The van der Waals surface area contributed by atoms with Crippen LogP contribution in [0.2, 0.25) is 0 Å². The average Bonchev–Trinajstić information content (AvgIpc) is 2.57. The van der Waals surface area contributed by atoms with Gasteiger partial charge in [-0.15, -0.1) is 12.4 Å². The van der Waals surface area contributed by atoms with Crippen molar-refractivity contribution in [2.24, 2.45) is 5.92 Å². The number of halogens is 1. The number of hydrogen-bond donors (Lipinski definition) is 0. The highest BCUT2D eigenvalue weighted by Crippen LogP contribution is 2.30. The molecule has 1 nitrogen and oxygen atoms in total. The third-order valence-corrected chi connectivity index (χ3v) is 5.25. The van der Waals surface area contributed by atoms with E-state index in [1.54, 1.807) is 0 Å².